The molecule has 1 radical (unpaired) electrons. The molecule has 1 aliphatic rings. The van der Waals surface area contributed by atoms with E-state index in [0.29, 0.717) is 6.04 Å². The summed E-state index contributed by atoms with van der Waals surface area (Å²) in [6.45, 7) is 4.99. The highest BCUT2D eigenvalue weighted by molar-refractivity contribution is 5.87. The van der Waals surface area contributed by atoms with E-state index >= 15 is 0 Å². The number of nitrogens with zero attached hydrogens (tertiary/aromatic N) is 1. The summed E-state index contributed by atoms with van der Waals surface area (Å²) < 4.78 is 0. The fourth-order valence-corrected chi connectivity index (χ4v) is 1.07. The van der Waals surface area contributed by atoms with Crippen molar-refractivity contribution in [2.45, 2.75) is 26.3 Å². The molecule has 0 spiro atoms. The normalized spacial score (nSPS) is 19.9. The van der Waals surface area contributed by atoms with E-state index in [4.69, 9.17) is 0 Å². The van der Waals surface area contributed by atoms with Crippen molar-refractivity contribution < 1.29 is 4.79 Å². The van der Waals surface area contributed by atoms with Crippen molar-refractivity contribution in [2.24, 2.45) is 0 Å². The molecule has 1 fully saturated rings. The Labute approximate surface area is 55.8 Å². The number of amides is 1. The summed E-state index contributed by atoms with van der Waals surface area (Å²) in [5, 5.41) is 0. The highest BCUT2D eigenvalue weighted by Gasteiger charge is 2.22. The molecule has 0 saturated carbocycles. The lowest BCUT2D eigenvalue weighted by atomic mass is 10.3. The van der Waals surface area contributed by atoms with Crippen LogP contribution in [0.15, 0.2) is 0 Å². The predicted molar refractivity (Wildman–Crippen MR) is 35.8 cm³/mol. The maximum atomic E-state index is 10.9. The molecule has 51 valence electrons. The van der Waals surface area contributed by atoms with Gasteiger partial charge in [-0.25, -0.2) is 0 Å². The lowest BCUT2D eigenvalue weighted by Gasteiger charge is -2.19. The van der Waals surface area contributed by atoms with Gasteiger partial charge in [-0.15, -0.1) is 0 Å². The van der Waals surface area contributed by atoms with Crippen LogP contribution in [0.25, 0.3) is 0 Å². The van der Waals surface area contributed by atoms with Crippen molar-refractivity contribution in [3.63, 3.8) is 0 Å². The highest BCUT2D eigenvalue weighted by atomic mass is 16.2. The molecule has 0 unspecified atom stereocenters. The second kappa shape index (κ2) is 2.38. The molecule has 0 aromatic carbocycles. The summed E-state index contributed by atoms with van der Waals surface area (Å²) in [6, 6.07) is 0.372. The zero-order chi connectivity index (χ0) is 6.85. The number of rotatable bonds is 1. The molecular formula is C7H12NO. The van der Waals surface area contributed by atoms with Crippen molar-refractivity contribution in [1.82, 2.24) is 4.90 Å². The molecule has 1 heterocycles. The summed E-state index contributed by atoms with van der Waals surface area (Å²) >= 11 is 0. The van der Waals surface area contributed by atoms with Crippen molar-refractivity contribution >= 4 is 5.91 Å². The quantitative estimate of drug-likeness (QED) is 0.509. The minimum absolute atomic E-state index is 0.199. The Morgan fingerprint density at radius 2 is 2.33 bits per heavy atom. The van der Waals surface area contributed by atoms with Gasteiger partial charge in [0.25, 0.3) is 0 Å². The van der Waals surface area contributed by atoms with Crippen LogP contribution < -0.4 is 0 Å². The number of carbonyl (C=O) groups is 1. The van der Waals surface area contributed by atoms with Gasteiger partial charge >= 0.3 is 0 Å². The van der Waals surface area contributed by atoms with E-state index in [1.165, 1.54) is 0 Å². The van der Waals surface area contributed by atoms with Crippen LogP contribution in [-0.2, 0) is 4.79 Å². The first-order valence-corrected chi connectivity index (χ1v) is 3.35. The Morgan fingerprint density at radius 1 is 1.67 bits per heavy atom. The average molecular weight is 126 g/mol. The summed E-state index contributed by atoms with van der Waals surface area (Å²) in [6.07, 6.45) is 2.68. The Kier molecular flexibility index (Phi) is 1.74. The van der Waals surface area contributed by atoms with Crippen LogP contribution in [-0.4, -0.2) is 23.4 Å². The van der Waals surface area contributed by atoms with Gasteiger partial charge < -0.3 is 4.90 Å². The molecule has 0 atom stereocenters. The SMILES string of the molecule is CC(C)N1CC[CH]C1=O. The van der Waals surface area contributed by atoms with Gasteiger partial charge in [0, 0.05) is 12.6 Å². The fraction of sp³-hybridized carbons (Fsp3) is 0.714. The second-order valence-electron chi connectivity index (χ2n) is 2.62. The predicted octanol–water partition coefficient (Wildman–Crippen LogP) is 0.831. The average Bonchev–Trinajstić information content (AvgIpc) is 2.13. The maximum Gasteiger partial charge on any atom is 0.226 e. The first-order chi connectivity index (χ1) is 4.22. The Bertz CT molecular complexity index is 120. The van der Waals surface area contributed by atoms with Gasteiger partial charge in [-0.3, -0.25) is 4.79 Å². The van der Waals surface area contributed by atoms with Crippen LogP contribution in [0, 0.1) is 6.42 Å². The van der Waals surface area contributed by atoms with Crippen LogP contribution in [0.3, 0.4) is 0 Å². The first kappa shape index (κ1) is 6.59. The third-order valence-electron chi connectivity index (χ3n) is 1.60. The summed E-state index contributed by atoms with van der Waals surface area (Å²) in [5.74, 6) is 0.199. The molecular weight excluding hydrogens is 114 g/mol. The molecule has 1 aliphatic heterocycles. The molecule has 1 amide bonds. The van der Waals surface area contributed by atoms with Crippen LogP contribution in [0.5, 0.6) is 0 Å². The molecule has 1 rings (SSSR count). The van der Waals surface area contributed by atoms with Gasteiger partial charge in [0.05, 0.1) is 6.42 Å². The largest absolute Gasteiger partial charge is 0.340 e. The third kappa shape index (κ3) is 1.23. The van der Waals surface area contributed by atoms with Crippen LogP contribution in [0.4, 0.5) is 0 Å². The van der Waals surface area contributed by atoms with Gasteiger partial charge in [0.2, 0.25) is 5.91 Å². The molecule has 0 aromatic heterocycles. The lowest BCUT2D eigenvalue weighted by Crippen LogP contribution is -2.31. The number of likely N-dealkylation sites (tertiary alicyclic amines) is 1. The lowest BCUT2D eigenvalue weighted by molar-refractivity contribution is -0.126. The van der Waals surface area contributed by atoms with E-state index in [1.807, 2.05) is 18.7 Å². The molecule has 2 nitrogen and oxygen atoms in total. The molecule has 2 heteroatoms. The Morgan fingerprint density at radius 3 is 2.56 bits per heavy atom. The smallest absolute Gasteiger partial charge is 0.226 e. The van der Waals surface area contributed by atoms with Gasteiger partial charge in [-0.05, 0) is 20.3 Å². The zero-order valence-corrected chi connectivity index (χ0v) is 5.92. The molecule has 0 N–H and O–H groups in total. The van der Waals surface area contributed by atoms with Crippen LogP contribution >= 0.6 is 0 Å². The molecule has 9 heavy (non-hydrogen) atoms. The van der Waals surface area contributed by atoms with Gasteiger partial charge in [-0.1, -0.05) is 0 Å². The second-order valence-corrected chi connectivity index (χ2v) is 2.62. The van der Waals surface area contributed by atoms with Crippen LogP contribution in [0.1, 0.15) is 20.3 Å². The zero-order valence-electron chi connectivity index (χ0n) is 5.92. The van der Waals surface area contributed by atoms with Gasteiger partial charge in [0.15, 0.2) is 0 Å². The van der Waals surface area contributed by atoms with Crippen LogP contribution in [0.2, 0.25) is 0 Å². The summed E-state index contributed by atoms with van der Waals surface area (Å²) in [7, 11) is 0. The van der Waals surface area contributed by atoms with Gasteiger partial charge in [0.1, 0.15) is 0 Å². The van der Waals surface area contributed by atoms with E-state index in [9.17, 15) is 4.79 Å². The molecule has 0 bridgehead atoms. The molecule has 0 aromatic rings. The molecule has 1 saturated heterocycles. The minimum atomic E-state index is 0.199. The monoisotopic (exact) mass is 126 g/mol. The van der Waals surface area contributed by atoms with Crippen molar-refractivity contribution in [1.29, 1.82) is 0 Å². The first-order valence-electron chi connectivity index (χ1n) is 3.35. The van der Waals surface area contributed by atoms with Crippen molar-refractivity contribution in [3.05, 3.63) is 6.42 Å². The fourth-order valence-electron chi connectivity index (χ4n) is 1.07. The standard InChI is InChI=1S/C7H12NO/c1-6(2)8-5-3-4-7(8)9/h4,6H,3,5H2,1-2H3. The van der Waals surface area contributed by atoms with E-state index in [0.717, 1.165) is 13.0 Å². The van der Waals surface area contributed by atoms with Crippen molar-refractivity contribution in [3.8, 4) is 0 Å². The Hall–Kier alpha value is -0.530. The highest BCUT2D eigenvalue weighted by Crippen LogP contribution is 2.11. The van der Waals surface area contributed by atoms with E-state index in [1.54, 1.807) is 6.42 Å². The molecule has 0 aliphatic carbocycles. The Balaban J connectivity index is 2.49. The van der Waals surface area contributed by atoms with Gasteiger partial charge in [-0.2, -0.15) is 0 Å². The number of hydrogen-bond donors (Lipinski definition) is 0. The summed E-state index contributed by atoms with van der Waals surface area (Å²) in [4.78, 5) is 12.8. The van der Waals surface area contributed by atoms with E-state index < -0.39 is 0 Å². The van der Waals surface area contributed by atoms with E-state index in [2.05, 4.69) is 0 Å². The third-order valence-corrected chi connectivity index (χ3v) is 1.60. The van der Waals surface area contributed by atoms with E-state index in [-0.39, 0.29) is 5.91 Å². The van der Waals surface area contributed by atoms with Crippen molar-refractivity contribution in [2.75, 3.05) is 6.54 Å². The summed E-state index contributed by atoms with van der Waals surface area (Å²) in [5.41, 5.74) is 0. The number of hydrogen-bond acceptors (Lipinski definition) is 1. The minimum Gasteiger partial charge on any atom is -0.340 e. The number of carbonyl (C=O) groups excluding carboxylic acids is 1. The maximum absolute atomic E-state index is 10.9. The topological polar surface area (TPSA) is 20.3 Å².